The standard InChI is InChI=1S/C4H8O7S2/c1-4(2,13(8,9)10)3(5)11-12(6)7/h1-2H3,(H,6,7)(H,8,9,10). The molecule has 0 saturated carbocycles. The SMILES string of the molecule is CC(C)(C(=O)OS(=O)O)S(=O)(=O)O. The maximum atomic E-state index is 10.8. The first-order valence-corrected chi connectivity index (χ1v) is 5.37. The van der Waals surface area contributed by atoms with Crippen LogP contribution in [0.2, 0.25) is 0 Å². The molecular formula is C4H8O7S2. The maximum absolute atomic E-state index is 10.8. The third-order valence-electron chi connectivity index (χ3n) is 1.28. The molecule has 0 aromatic carbocycles. The minimum atomic E-state index is -4.67. The van der Waals surface area contributed by atoms with E-state index < -0.39 is 32.2 Å². The van der Waals surface area contributed by atoms with E-state index in [-0.39, 0.29) is 0 Å². The first kappa shape index (κ1) is 12.5. The van der Waals surface area contributed by atoms with Gasteiger partial charge >= 0.3 is 17.3 Å². The molecule has 2 N–H and O–H groups in total. The van der Waals surface area contributed by atoms with Gasteiger partial charge in [-0.2, -0.15) is 12.6 Å². The summed E-state index contributed by atoms with van der Waals surface area (Å²) in [4.78, 5) is 10.8. The molecule has 78 valence electrons. The van der Waals surface area contributed by atoms with Crippen molar-refractivity contribution in [1.82, 2.24) is 0 Å². The molecule has 0 bridgehead atoms. The summed E-state index contributed by atoms with van der Waals surface area (Å²) in [7, 11) is -4.67. The molecule has 7 nitrogen and oxygen atoms in total. The zero-order valence-corrected chi connectivity index (χ0v) is 8.39. The van der Waals surface area contributed by atoms with Gasteiger partial charge in [0.05, 0.1) is 0 Å². The summed E-state index contributed by atoms with van der Waals surface area (Å²) in [6.07, 6.45) is 0. The first-order valence-electron chi connectivity index (χ1n) is 2.89. The molecule has 0 rings (SSSR count). The smallest absolute Gasteiger partial charge is 0.342 e. The van der Waals surface area contributed by atoms with Crippen molar-refractivity contribution in [2.24, 2.45) is 0 Å². The summed E-state index contributed by atoms with van der Waals surface area (Å²) in [6, 6.07) is 0. The lowest BCUT2D eigenvalue weighted by Gasteiger charge is -2.16. The highest BCUT2D eigenvalue weighted by Crippen LogP contribution is 2.16. The Bertz CT molecular complexity index is 326. The Labute approximate surface area is 77.3 Å². The van der Waals surface area contributed by atoms with Gasteiger partial charge in [-0.25, -0.2) is 4.79 Å². The second-order valence-corrected chi connectivity index (χ2v) is 5.14. The van der Waals surface area contributed by atoms with E-state index in [2.05, 4.69) is 4.18 Å². The molecule has 0 amide bonds. The van der Waals surface area contributed by atoms with Crippen LogP contribution >= 0.6 is 0 Å². The van der Waals surface area contributed by atoms with Gasteiger partial charge in [0.2, 0.25) is 0 Å². The predicted molar refractivity (Wildman–Crippen MR) is 42.5 cm³/mol. The summed E-state index contributed by atoms with van der Waals surface area (Å²) < 4.78 is 49.1. The molecule has 0 aliphatic rings. The molecule has 0 radical (unpaired) electrons. The van der Waals surface area contributed by atoms with Gasteiger partial charge in [-0.05, 0) is 13.8 Å². The number of rotatable bonds is 3. The highest BCUT2D eigenvalue weighted by atomic mass is 32.2. The number of hydrogen-bond donors (Lipinski definition) is 2. The minimum absolute atomic E-state index is 0.845. The van der Waals surface area contributed by atoms with Crippen LogP contribution in [0.25, 0.3) is 0 Å². The normalized spacial score (nSPS) is 15.1. The largest absolute Gasteiger partial charge is 0.360 e. The first-order chi connectivity index (χ1) is 5.59. The Morgan fingerprint density at radius 2 is 1.85 bits per heavy atom. The predicted octanol–water partition coefficient (Wildman–Crippen LogP) is -0.667. The van der Waals surface area contributed by atoms with Crippen molar-refractivity contribution < 1.29 is 30.7 Å². The van der Waals surface area contributed by atoms with Crippen molar-refractivity contribution in [2.75, 3.05) is 0 Å². The van der Waals surface area contributed by atoms with E-state index >= 15 is 0 Å². The van der Waals surface area contributed by atoms with Crippen LogP contribution in [0, 0.1) is 0 Å². The van der Waals surface area contributed by atoms with Crippen molar-refractivity contribution in [2.45, 2.75) is 18.6 Å². The van der Waals surface area contributed by atoms with Gasteiger partial charge in [0.25, 0.3) is 10.1 Å². The minimum Gasteiger partial charge on any atom is -0.342 e. The van der Waals surface area contributed by atoms with Crippen molar-refractivity contribution in [3.63, 3.8) is 0 Å². The summed E-state index contributed by atoms with van der Waals surface area (Å²) in [5, 5.41) is 0. The van der Waals surface area contributed by atoms with Crippen LogP contribution in [0.3, 0.4) is 0 Å². The molecule has 1 unspecified atom stereocenters. The number of hydrogen-bond acceptors (Lipinski definition) is 5. The molecule has 0 aromatic rings. The fraction of sp³-hybridized carbons (Fsp3) is 0.750. The molecule has 0 saturated heterocycles. The van der Waals surface area contributed by atoms with Crippen LogP contribution in [0.4, 0.5) is 0 Å². The van der Waals surface area contributed by atoms with E-state index in [1.807, 2.05) is 0 Å². The summed E-state index contributed by atoms with van der Waals surface area (Å²) >= 11 is -2.90. The third-order valence-corrected chi connectivity index (χ3v) is 3.03. The lowest BCUT2D eigenvalue weighted by atomic mass is 10.2. The maximum Gasteiger partial charge on any atom is 0.360 e. The fourth-order valence-electron chi connectivity index (χ4n) is 0.270. The molecule has 0 fully saturated rings. The van der Waals surface area contributed by atoms with Crippen LogP contribution in [0.1, 0.15) is 13.8 Å². The van der Waals surface area contributed by atoms with Crippen LogP contribution in [-0.4, -0.2) is 32.4 Å². The second-order valence-electron chi connectivity index (χ2n) is 2.57. The molecule has 0 aromatic heterocycles. The van der Waals surface area contributed by atoms with Gasteiger partial charge in [0.1, 0.15) is 0 Å². The third kappa shape index (κ3) is 3.03. The quantitative estimate of drug-likeness (QED) is 0.489. The van der Waals surface area contributed by atoms with Crippen molar-refractivity contribution >= 4 is 27.4 Å². The van der Waals surface area contributed by atoms with E-state index in [9.17, 15) is 17.4 Å². The average molecular weight is 232 g/mol. The Balaban J connectivity index is 4.87. The Morgan fingerprint density at radius 3 is 2.08 bits per heavy atom. The van der Waals surface area contributed by atoms with Crippen LogP contribution in [0.5, 0.6) is 0 Å². The van der Waals surface area contributed by atoms with Crippen molar-refractivity contribution in [3.8, 4) is 0 Å². The van der Waals surface area contributed by atoms with E-state index in [1.165, 1.54) is 0 Å². The number of carbonyl (C=O) groups is 1. The topological polar surface area (TPSA) is 118 Å². The highest BCUT2D eigenvalue weighted by Gasteiger charge is 2.43. The van der Waals surface area contributed by atoms with E-state index in [4.69, 9.17) is 9.11 Å². The summed E-state index contributed by atoms with van der Waals surface area (Å²) in [6.45, 7) is 1.69. The molecule has 0 aliphatic heterocycles. The van der Waals surface area contributed by atoms with Gasteiger partial charge < -0.3 is 4.18 Å². The summed E-state index contributed by atoms with van der Waals surface area (Å²) in [5.74, 6) is -1.50. The molecule has 0 heterocycles. The van der Waals surface area contributed by atoms with Gasteiger partial charge in [0.15, 0.2) is 4.75 Å². The van der Waals surface area contributed by atoms with Crippen LogP contribution < -0.4 is 0 Å². The lowest BCUT2D eigenvalue weighted by Crippen LogP contribution is -2.41. The van der Waals surface area contributed by atoms with E-state index in [1.54, 1.807) is 0 Å². The Morgan fingerprint density at radius 1 is 1.46 bits per heavy atom. The molecule has 13 heavy (non-hydrogen) atoms. The van der Waals surface area contributed by atoms with E-state index in [0.717, 1.165) is 13.8 Å². The molecule has 0 spiro atoms. The summed E-state index contributed by atoms with van der Waals surface area (Å²) in [5.41, 5.74) is 0. The van der Waals surface area contributed by atoms with Crippen LogP contribution in [-0.2, 0) is 30.5 Å². The Kier molecular flexibility index (Phi) is 3.55. The van der Waals surface area contributed by atoms with Crippen molar-refractivity contribution in [1.29, 1.82) is 0 Å². The average Bonchev–Trinajstić information content (AvgIpc) is 1.82. The zero-order chi connectivity index (χ0) is 10.9. The van der Waals surface area contributed by atoms with Gasteiger partial charge in [-0.1, -0.05) is 0 Å². The van der Waals surface area contributed by atoms with E-state index in [0.29, 0.717) is 0 Å². The molecular weight excluding hydrogens is 224 g/mol. The van der Waals surface area contributed by atoms with Crippen LogP contribution in [0.15, 0.2) is 0 Å². The van der Waals surface area contributed by atoms with Gasteiger partial charge in [-0.3, -0.25) is 9.11 Å². The fourth-order valence-corrected chi connectivity index (χ4v) is 0.913. The lowest BCUT2D eigenvalue weighted by molar-refractivity contribution is -0.136. The Hall–Kier alpha value is -0.510. The molecule has 9 heteroatoms. The zero-order valence-electron chi connectivity index (χ0n) is 6.75. The second kappa shape index (κ2) is 3.70. The molecule has 0 aliphatic carbocycles. The molecule has 1 atom stereocenters. The monoisotopic (exact) mass is 232 g/mol. The highest BCUT2D eigenvalue weighted by molar-refractivity contribution is 7.88. The van der Waals surface area contributed by atoms with Crippen molar-refractivity contribution in [3.05, 3.63) is 0 Å². The number of carbonyl (C=O) groups excluding carboxylic acids is 1. The van der Waals surface area contributed by atoms with Gasteiger partial charge in [0, 0.05) is 0 Å². The van der Waals surface area contributed by atoms with Gasteiger partial charge in [-0.15, -0.1) is 0 Å².